The number of amides is 2. The van der Waals surface area contributed by atoms with Gasteiger partial charge in [-0.25, -0.2) is 4.98 Å². The second-order valence-electron chi connectivity index (χ2n) is 5.77. The van der Waals surface area contributed by atoms with Crippen molar-refractivity contribution < 1.29 is 9.59 Å². The summed E-state index contributed by atoms with van der Waals surface area (Å²) in [6.45, 7) is 2.01. The third-order valence-electron chi connectivity index (χ3n) is 3.45. The summed E-state index contributed by atoms with van der Waals surface area (Å²) < 4.78 is 0. The van der Waals surface area contributed by atoms with Gasteiger partial charge in [0.1, 0.15) is 10.7 Å². The Morgan fingerprint density at radius 2 is 1.93 bits per heavy atom. The number of carbonyl (C=O) groups is 2. The van der Waals surface area contributed by atoms with Crippen LogP contribution in [-0.2, 0) is 13.1 Å². The minimum atomic E-state index is -0.253. The quantitative estimate of drug-likeness (QED) is 0.587. The third-order valence-corrected chi connectivity index (χ3v) is 4.32. The zero-order valence-electron chi connectivity index (χ0n) is 15.2. The molecule has 0 saturated heterocycles. The van der Waals surface area contributed by atoms with E-state index in [1.807, 2.05) is 25.1 Å². The Balaban J connectivity index is 0.00000338. The topological polar surface area (TPSA) is 100 Å². The normalized spacial score (nSPS) is 9.93. The molecule has 2 rings (SSSR count). The van der Waals surface area contributed by atoms with Gasteiger partial charge in [-0.2, -0.15) is 0 Å². The fraction of sp³-hybridized carbons (Fsp3) is 0.353. The minimum Gasteiger partial charge on any atom is -0.351 e. The molecule has 0 saturated carbocycles. The maximum atomic E-state index is 12.1. The van der Waals surface area contributed by atoms with Gasteiger partial charge < -0.3 is 21.3 Å². The van der Waals surface area contributed by atoms with Gasteiger partial charge in [0.25, 0.3) is 11.8 Å². The summed E-state index contributed by atoms with van der Waals surface area (Å²) in [4.78, 5) is 30.4. The van der Waals surface area contributed by atoms with Gasteiger partial charge in [0, 0.05) is 37.1 Å². The molecule has 0 atom stereocenters. The van der Waals surface area contributed by atoms with Gasteiger partial charge in [0.15, 0.2) is 0 Å². The van der Waals surface area contributed by atoms with E-state index >= 15 is 0 Å². The highest BCUT2D eigenvalue weighted by molar-refractivity contribution is 7.09. The lowest BCUT2D eigenvalue weighted by Gasteiger charge is -2.11. The van der Waals surface area contributed by atoms with Crippen LogP contribution in [-0.4, -0.2) is 48.9 Å². The molecule has 4 N–H and O–H groups in total. The maximum Gasteiger partial charge on any atom is 0.271 e. The Kier molecular flexibility index (Phi) is 11.8. The summed E-state index contributed by atoms with van der Waals surface area (Å²) in [6.07, 6.45) is 0. The first kappa shape index (κ1) is 25.3. The van der Waals surface area contributed by atoms with Crippen molar-refractivity contribution in [2.24, 2.45) is 5.73 Å². The molecule has 0 bridgehead atoms. The van der Waals surface area contributed by atoms with Crippen LogP contribution in [0, 0.1) is 0 Å². The molecular formula is C17H25Cl2N5O2S. The molecule has 0 spiro atoms. The number of halogens is 2. The number of hydrogen-bond donors (Lipinski definition) is 3. The molecule has 2 amide bonds. The van der Waals surface area contributed by atoms with Crippen molar-refractivity contribution >= 4 is 48.0 Å². The van der Waals surface area contributed by atoms with Gasteiger partial charge in [0.05, 0.1) is 0 Å². The van der Waals surface area contributed by atoms with Crippen LogP contribution >= 0.6 is 36.2 Å². The number of benzene rings is 1. The highest BCUT2D eigenvalue weighted by atomic mass is 35.5. The predicted molar refractivity (Wildman–Crippen MR) is 113 cm³/mol. The molecule has 1 aromatic carbocycles. The highest BCUT2D eigenvalue weighted by Crippen LogP contribution is 2.09. The molecule has 2 aromatic rings. The van der Waals surface area contributed by atoms with E-state index in [0.717, 1.165) is 17.1 Å². The van der Waals surface area contributed by atoms with Crippen molar-refractivity contribution in [3.63, 3.8) is 0 Å². The first-order valence-electron chi connectivity index (χ1n) is 7.94. The summed E-state index contributed by atoms with van der Waals surface area (Å²) in [6, 6.07) is 7.20. The van der Waals surface area contributed by atoms with Gasteiger partial charge in [-0.1, -0.05) is 12.1 Å². The predicted octanol–water partition coefficient (Wildman–Crippen LogP) is 1.67. The SMILES string of the molecule is CN(C)CCNC(=O)c1cccc(CNC(=O)c2csc(CN)n2)c1.Cl.Cl. The van der Waals surface area contributed by atoms with E-state index < -0.39 is 0 Å². The van der Waals surface area contributed by atoms with Crippen molar-refractivity contribution in [2.45, 2.75) is 13.1 Å². The summed E-state index contributed by atoms with van der Waals surface area (Å²) in [5, 5.41) is 8.08. The molecule has 10 heteroatoms. The number of rotatable bonds is 8. The average molecular weight is 434 g/mol. The number of hydrogen-bond acceptors (Lipinski definition) is 6. The lowest BCUT2D eigenvalue weighted by Crippen LogP contribution is -2.31. The monoisotopic (exact) mass is 433 g/mol. The van der Waals surface area contributed by atoms with E-state index in [1.54, 1.807) is 23.6 Å². The Morgan fingerprint density at radius 1 is 1.19 bits per heavy atom. The van der Waals surface area contributed by atoms with Crippen LogP contribution in [0.5, 0.6) is 0 Å². The Morgan fingerprint density at radius 3 is 2.56 bits per heavy atom. The van der Waals surface area contributed by atoms with Gasteiger partial charge in [0.2, 0.25) is 0 Å². The Hall–Kier alpha value is -1.71. The number of thiazole rings is 1. The fourth-order valence-electron chi connectivity index (χ4n) is 2.10. The minimum absolute atomic E-state index is 0. The molecule has 0 unspecified atom stereocenters. The van der Waals surface area contributed by atoms with Gasteiger partial charge in [-0.05, 0) is 31.8 Å². The van der Waals surface area contributed by atoms with Crippen LogP contribution in [0.4, 0.5) is 0 Å². The largest absolute Gasteiger partial charge is 0.351 e. The average Bonchev–Trinajstić information content (AvgIpc) is 3.09. The molecule has 0 fully saturated rings. The van der Waals surface area contributed by atoms with Crippen molar-refractivity contribution in [2.75, 3.05) is 27.2 Å². The standard InChI is InChI=1S/C17H23N5O2S.2ClH/c1-22(2)7-6-19-16(23)13-5-3-4-12(8-13)10-20-17(24)14-11-25-15(9-18)21-14;;/h3-5,8,11H,6-7,9-10,18H2,1-2H3,(H,19,23)(H,20,24);2*1H. The highest BCUT2D eigenvalue weighted by Gasteiger charge is 2.11. The van der Waals surface area contributed by atoms with E-state index in [4.69, 9.17) is 5.73 Å². The number of nitrogens with zero attached hydrogens (tertiary/aromatic N) is 2. The van der Waals surface area contributed by atoms with E-state index in [9.17, 15) is 9.59 Å². The van der Waals surface area contributed by atoms with Crippen LogP contribution in [0.25, 0.3) is 0 Å². The van der Waals surface area contributed by atoms with Crippen LogP contribution in [0.2, 0.25) is 0 Å². The number of aromatic nitrogens is 1. The van der Waals surface area contributed by atoms with Crippen LogP contribution in [0.15, 0.2) is 29.6 Å². The van der Waals surface area contributed by atoms with Crippen molar-refractivity contribution in [1.82, 2.24) is 20.5 Å². The van der Waals surface area contributed by atoms with Crippen molar-refractivity contribution in [1.29, 1.82) is 0 Å². The van der Waals surface area contributed by atoms with E-state index in [2.05, 4.69) is 15.6 Å². The Bertz CT molecular complexity index is 740. The van der Waals surface area contributed by atoms with Gasteiger partial charge in [-0.15, -0.1) is 36.2 Å². The van der Waals surface area contributed by atoms with Crippen LogP contribution in [0.1, 0.15) is 31.4 Å². The molecule has 0 aliphatic carbocycles. The van der Waals surface area contributed by atoms with Crippen LogP contribution in [0.3, 0.4) is 0 Å². The smallest absolute Gasteiger partial charge is 0.271 e. The maximum absolute atomic E-state index is 12.1. The van der Waals surface area contributed by atoms with E-state index in [1.165, 1.54) is 11.3 Å². The van der Waals surface area contributed by atoms with Crippen molar-refractivity contribution in [3.8, 4) is 0 Å². The molecular weight excluding hydrogens is 409 g/mol. The van der Waals surface area contributed by atoms with Gasteiger partial charge in [-0.3, -0.25) is 9.59 Å². The summed E-state index contributed by atoms with van der Waals surface area (Å²) in [5.41, 5.74) is 7.29. The first-order chi connectivity index (χ1) is 12.0. The Labute approximate surface area is 175 Å². The molecule has 1 aromatic heterocycles. The lowest BCUT2D eigenvalue weighted by atomic mass is 10.1. The number of nitrogens with two attached hydrogens (primary N) is 1. The second-order valence-corrected chi connectivity index (χ2v) is 6.72. The first-order valence-corrected chi connectivity index (χ1v) is 8.82. The lowest BCUT2D eigenvalue weighted by molar-refractivity contribution is 0.0942. The number of likely N-dealkylation sites (N-methyl/N-ethyl adjacent to an activating group) is 1. The second kappa shape index (κ2) is 12.6. The molecule has 1 heterocycles. The van der Waals surface area contributed by atoms with Gasteiger partial charge >= 0.3 is 0 Å². The zero-order chi connectivity index (χ0) is 18.2. The summed E-state index contributed by atoms with van der Waals surface area (Å²) >= 11 is 1.36. The van der Waals surface area contributed by atoms with Crippen LogP contribution < -0.4 is 16.4 Å². The zero-order valence-corrected chi connectivity index (χ0v) is 17.7. The summed E-state index contributed by atoms with van der Waals surface area (Å²) in [7, 11) is 3.91. The fourth-order valence-corrected chi connectivity index (χ4v) is 2.75. The summed E-state index contributed by atoms with van der Waals surface area (Å²) in [5.74, 6) is -0.376. The number of carbonyl (C=O) groups excluding carboxylic acids is 2. The van der Waals surface area contributed by atoms with E-state index in [0.29, 0.717) is 30.9 Å². The molecule has 7 nitrogen and oxygen atoms in total. The third kappa shape index (κ3) is 8.23. The number of nitrogens with one attached hydrogen (secondary N) is 2. The van der Waals surface area contributed by atoms with Crippen molar-refractivity contribution in [3.05, 3.63) is 51.5 Å². The molecule has 0 aliphatic heterocycles. The van der Waals surface area contributed by atoms with E-state index in [-0.39, 0.29) is 36.6 Å². The molecule has 150 valence electrons. The molecule has 0 radical (unpaired) electrons. The molecule has 27 heavy (non-hydrogen) atoms. The molecule has 0 aliphatic rings.